The maximum Gasteiger partial charge on any atom is 0.221 e. The Labute approximate surface area is 133 Å². The van der Waals surface area contributed by atoms with Crippen LogP contribution in [0.3, 0.4) is 0 Å². The van der Waals surface area contributed by atoms with Crippen molar-refractivity contribution in [2.45, 2.75) is 13.8 Å². The van der Waals surface area contributed by atoms with Crippen molar-refractivity contribution < 1.29 is 9.90 Å². The highest BCUT2D eigenvalue weighted by atomic mass is 16.3. The molecular weight excluding hydrogens is 290 g/mol. The summed E-state index contributed by atoms with van der Waals surface area (Å²) in [5.74, 6) is -0.00615. The summed E-state index contributed by atoms with van der Waals surface area (Å²) in [7, 11) is 0. The Balaban J connectivity index is 1.91. The fourth-order valence-corrected chi connectivity index (χ4v) is 2.54. The van der Waals surface area contributed by atoms with Crippen LogP contribution in [0.5, 0.6) is 5.88 Å². The van der Waals surface area contributed by atoms with Gasteiger partial charge in [0.2, 0.25) is 5.91 Å². The molecule has 1 heterocycles. The first-order valence-corrected chi connectivity index (χ1v) is 7.26. The molecule has 0 saturated carbocycles. The summed E-state index contributed by atoms with van der Waals surface area (Å²) in [6.07, 6.45) is 1.65. The third kappa shape index (κ3) is 3.08. The molecule has 116 valence electrons. The standard InChI is InChI=1S/C18H17N3O2/c1-11-4-3-5-16-17(11)15(18(23)21-16)10-19-13-6-8-14(9-7-13)20-12(2)22/h3-10,21,23H,1-2H3,(H,20,22). The van der Waals surface area contributed by atoms with Gasteiger partial charge in [0.15, 0.2) is 5.88 Å². The van der Waals surface area contributed by atoms with Gasteiger partial charge in [-0.15, -0.1) is 0 Å². The minimum absolute atomic E-state index is 0.105. The number of aryl methyl sites for hydroxylation is 1. The largest absolute Gasteiger partial charge is 0.494 e. The van der Waals surface area contributed by atoms with Crippen LogP contribution in [0.4, 0.5) is 11.4 Å². The van der Waals surface area contributed by atoms with Gasteiger partial charge in [-0.3, -0.25) is 9.79 Å². The van der Waals surface area contributed by atoms with E-state index in [1.165, 1.54) is 6.92 Å². The predicted molar refractivity (Wildman–Crippen MR) is 92.7 cm³/mol. The first-order valence-electron chi connectivity index (χ1n) is 7.26. The van der Waals surface area contributed by atoms with Crippen LogP contribution >= 0.6 is 0 Å². The molecule has 0 radical (unpaired) electrons. The number of amides is 1. The zero-order valence-corrected chi connectivity index (χ0v) is 12.9. The summed E-state index contributed by atoms with van der Waals surface area (Å²) < 4.78 is 0. The van der Waals surface area contributed by atoms with Gasteiger partial charge in [-0.05, 0) is 42.8 Å². The van der Waals surface area contributed by atoms with Gasteiger partial charge >= 0.3 is 0 Å². The molecule has 3 rings (SSSR count). The molecule has 0 saturated heterocycles. The monoisotopic (exact) mass is 307 g/mol. The Morgan fingerprint density at radius 2 is 1.96 bits per heavy atom. The number of hydrogen-bond donors (Lipinski definition) is 3. The third-order valence-electron chi connectivity index (χ3n) is 3.58. The van der Waals surface area contributed by atoms with Crippen molar-refractivity contribution in [3.63, 3.8) is 0 Å². The molecule has 5 nitrogen and oxygen atoms in total. The van der Waals surface area contributed by atoms with E-state index in [1.54, 1.807) is 30.5 Å². The van der Waals surface area contributed by atoms with Gasteiger partial charge in [-0.2, -0.15) is 0 Å². The number of carbonyl (C=O) groups is 1. The van der Waals surface area contributed by atoms with Crippen LogP contribution in [0.15, 0.2) is 47.5 Å². The molecule has 0 atom stereocenters. The smallest absolute Gasteiger partial charge is 0.221 e. The first kappa shape index (κ1) is 14.8. The average molecular weight is 307 g/mol. The number of aliphatic imine (C=N–C) groups is 1. The molecule has 3 aromatic rings. The molecule has 0 fully saturated rings. The van der Waals surface area contributed by atoms with Crippen molar-refractivity contribution in [3.8, 4) is 5.88 Å². The quantitative estimate of drug-likeness (QED) is 0.642. The lowest BCUT2D eigenvalue weighted by atomic mass is 10.1. The highest BCUT2D eigenvalue weighted by Crippen LogP contribution is 2.29. The molecule has 3 N–H and O–H groups in total. The molecule has 0 spiro atoms. The zero-order valence-electron chi connectivity index (χ0n) is 12.9. The Morgan fingerprint density at radius 3 is 2.65 bits per heavy atom. The van der Waals surface area contributed by atoms with Crippen LogP contribution in [0, 0.1) is 6.92 Å². The minimum atomic E-state index is -0.111. The lowest BCUT2D eigenvalue weighted by molar-refractivity contribution is -0.114. The molecule has 0 aliphatic carbocycles. The molecule has 1 amide bonds. The van der Waals surface area contributed by atoms with E-state index in [9.17, 15) is 9.90 Å². The maximum absolute atomic E-state index is 11.0. The lowest BCUT2D eigenvalue weighted by Gasteiger charge is -2.01. The van der Waals surface area contributed by atoms with Crippen LogP contribution in [-0.4, -0.2) is 22.2 Å². The Morgan fingerprint density at radius 1 is 1.22 bits per heavy atom. The number of nitrogens with zero attached hydrogens (tertiary/aromatic N) is 1. The van der Waals surface area contributed by atoms with E-state index in [-0.39, 0.29) is 11.8 Å². The predicted octanol–water partition coefficient (Wildman–Crippen LogP) is 3.89. The molecule has 5 heteroatoms. The van der Waals surface area contributed by atoms with Gasteiger partial charge in [-0.25, -0.2) is 0 Å². The van der Waals surface area contributed by atoms with Gasteiger partial charge in [0.25, 0.3) is 0 Å². The second-order valence-electron chi connectivity index (χ2n) is 5.37. The van der Waals surface area contributed by atoms with Crippen molar-refractivity contribution in [2.24, 2.45) is 4.99 Å². The molecular formula is C18H17N3O2. The average Bonchev–Trinajstić information content (AvgIpc) is 2.83. The number of aromatic nitrogens is 1. The number of benzene rings is 2. The van der Waals surface area contributed by atoms with Crippen molar-refractivity contribution in [1.29, 1.82) is 0 Å². The number of fused-ring (bicyclic) bond motifs is 1. The Hall–Kier alpha value is -3.08. The number of anilines is 1. The van der Waals surface area contributed by atoms with E-state index in [1.807, 2.05) is 25.1 Å². The lowest BCUT2D eigenvalue weighted by Crippen LogP contribution is -2.04. The van der Waals surface area contributed by atoms with E-state index >= 15 is 0 Å². The number of hydrogen-bond acceptors (Lipinski definition) is 3. The van der Waals surface area contributed by atoms with Crippen molar-refractivity contribution >= 4 is 34.4 Å². The minimum Gasteiger partial charge on any atom is -0.494 e. The van der Waals surface area contributed by atoms with Crippen LogP contribution in [0.1, 0.15) is 18.1 Å². The van der Waals surface area contributed by atoms with E-state index in [0.717, 1.165) is 27.8 Å². The number of nitrogens with one attached hydrogen (secondary N) is 2. The summed E-state index contributed by atoms with van der Waals surface area (Å²) in [5, 5.41) is 13.8. The second-order valence-corrected chi connectivity index (χ2v) is 5.37. The van der Waals surface area contributed by atoms with Crippen LogP contribution < -0.4 is 5.32 Å². The molecule has 0 aliphatic heterocycles. The molecule has 0 bridgehead atoms. The van der Waals surface area contributed by atoms with Gasteiger partial charge in [-0.1, -0.05) is 12.1 Å². The SMILES string of the molecule is CC(=O)Nc1ccc(N=Cc2c(O)[nH]c3cccc(C)c23)cc1. The number of H-pyrrole nitrogens is 1. The van der Waals surface area contributed by atoms with Crippen LogP contribution in [0.2, 0.25) is 0 Å². The van der Waals surface area contributed by atoms with E-state index in [2.05, 4.69) is 15.3 Å². The van der Waals surface area contributed by atoms with Crippen molar-refractivity contribution in [3.05, 3.63) is 53.6 Å². The fraction of sp³-hybridized carbons (Fsp3) is 0.111. The van der Waals surface area contributed by atoms with E-state index in [0.29, 0.717) is 5.56 Å². The Kier molecular flexibility index (Phi) is 3.85. The number of rotatable bonds is 3. The van der Waals surface area contributed by atoms with Gasteiger partial charge in [0.1, 0.15) is 0 Å². The second kappa shape index (κ2) is 5.96. The van der Waals surface area contributed by atoms with E-state index in [4.69, 9.17) is 0 Å². The number of carbonyl (C=O) groups excluding carboxylic acids is 1. The maximum atomic E-state index is 11.0. The highest BCUT2D eigenvalue weighted by molar-refractivity contribution is 6.04. The van der Waals surface area contributed by atoms with Gasteiger partial charge in [0.05, 0.1) is 11.3 Å². The molecule has 0 aliphatic rings. The molecule has 2 aromatic carbocycles. The molecule has 1 aromatic heterocycles. The van der Waals surface area contributed by atoms with Gasteiger partial charge in [0, 0.05) is 29.7 Å². The molecule has 0 unspecified atom stereocenters. The summed E-state index contributed by atoms with van der Waals surface area (Å²) in [4.78, 5) is 18.4. The van der Waals surface area contributed by atoms with Crippen LogP contribution in [-0.2, 0) is 4.79 Å². The van der Waals surface area contributed by atoms with E-state index < -0.39 is 0 Å². The van der Waals surface area contributed by atoms with Crippen molar-refractivity contribution in [1.82, 2.24) is 4.98 Å². The zero-order chi connectivity index (χ0) is 16.4. The number of aromatic hydroxyl groups is 1. The summed E-state index contributed by atoms with van der Waals surface area (Å²) >= 11 is 0. The van der Waals surface area contributed by atoms with Gasteiger partial charge < -0.3 is 15.4 Å². The summed E-state index contributed by atoms with van der Waals surface area (Å²) in [5.41, 5.74) is 4.08. The highest BCUT2D eigenvalue weighted by Gasteiger charge is 2.10. The summed E-state index contributed by atoms with van der Waals surface area (Å²) in [6, 6.07) is 13.0. The first-order chi connectivity index (χ1) is 11.0. The van der Waals surface area contributed by atoms with Crippen molar-refractivity contribution in [2.75, 3.05) is 5.32 Å². The molecule has 23 heavy (non-hydrogen) atoms. The fourth-order valence-electron chi connectivity index (χ4n) is 2.54. The third-order valence-corrected chi connectivity index (χ3v) is 3.58. The topological polar surface area (TPSA) is 77.5 Å². The normalized spacial score (nSPS) is 11.2. The Bertz CT molecular complexity index is 893. The number of aromatic amines is 1. The van der Waals surface area contributed by atoms with Crippen LogP contribution in [0.25, 0.3) is 10.9 Å². The summed E-state index contributed by atoms with van der Waals surface area (Å²) in [6.45, 7) is 3.46.